The van der Waals surface area contributed by atoms with Crippen LogP contribution in [0.15, 0.2) is 46.8 Å². The lowest BCUT2D eigenvalue weighted by Gasteiger charge is -2.34. The molecule has 2 aromatic rings. The molecule has 2 N–H and O–H groups in total. The maximum atomic E-state index is 5.97. The molecule has 8 heteroatoms. The van der Waals surface area contributed by atoms with Crippen molar-refractivity contribution in [3.63, 3.8) is 0 Å². The van der Waals surface area contributed by atoms with Crippen molar-refractivity contribution in [2.45, 2.75) is 6.04 Å². The van der Waals surface area contributed by atoms with E-state index in [9.17, 15) is 0 Å². The maximum Gasteiger partial charge on any atom is 0.191 e. The van der Waals surface area contributed by atoms with Crippen molar-refractivity contribution in [2.24, 2.45) is 4.99 Å². The van der Waals surface area contributed by atoms with Gasteiger partial charge in [-0.05, 0) is 29.6 Å². The number of hydrogen-bond acceptors (Lipinski definition) is 5. The number of ether oxygens (including phenoxy) is 2. The highest BCUT2D eigenvalue weighted by molar-refractivity contribution is 7.10. The first kappa shape index (κ1) is 20.9. The minimum atomic E-state index is 0.310. The lowest BCUT2D eigenvalue weighted by molar-refractivity contribution is 0.0177. The highest BCUT2D eigenvalue weighted by Crippen LogP contribution is 2.25. The Morgan fingerprint density at radius 3 is 2.86 bits per heavy atom. The van der Waals surface area contributed by atoms with Crippen LogP contribution >= 0.6 is 22.9 Å². The summed E-state index contributed by atoms with van der Waals surface area (Å²) >= 11 is 7.76. The number of thiophene rings is 1. The molecule has 1 aromatic heterocycles. The molecular weight excluding hydrogens is 396 g/mol. The Hall–Kier alpha value is -1.80. The Morgan fingerprint density at radius 2 is 2.14 bits per heavy atom. The molecule has 1 aromatic carbocycles. The molecular formula is C20H27ClN4O2S. The molecule has 2 heterocycles. The van der Waals surface area contributed by atoms with Crippen LogP contribution in [0.3, 0.4) is 0 Å². The van der Waals surface area contributed by atoms with Crippen molar-refractivity contribution < 1.29 is 9.47 Å². The van der Waals surface area contributed by atoms with Gasteiger partial charge in [-0.2, -0.15) is 0 Å². The Balaban J connectivity index is 1.46. The number of guanidine groups is 1. The minimum Gasteiger partial charge on any atom is -0.492 e. The molecule has 1 fully saturated rings. The molecule has 0 radical (unpaired) electrons. The molecule has 1 aliphatic rings. The number of halogens is 1. The van der Waals surface area contributed by atoms with Gasteiger partial charge in [0.1, 0.15) is 12.4 Å². The summed E-state index contributed by atoms with van der Waals surface area (Å²) in [6.45, 7) is 5.43. The largest absolute Gasteiger partial charge is 0.492 e. The topological polar surface area (TPSA) is 58.1 Å². The third-order valence-corrected chi connectivity index (χ3v) is 5.71. The first-order valence-electron chi connectivity index (χ1n) is 9.44. The number of morpholine rings is 1. The second-order valence-electron chi connectivity index (χ2n) is 6.37. The molecule has 152 valence electrons. The predicted octanol–water partition coefficient (Wildman–Crippen LogP) is 3.02. The van der Waals surface area contributed by atoms with E-state index in [0.29, 0.717) is 24.2 Å². The van der Waals surface area contributed by atoms with Crippen LogP contribution in [0, 0.1) is 0 Å². The zero-order valence-corrected chi connectivity index (χ0v) is 17.6. The monoisotopic (exact) mass is 422 g/mol. The molecule has 0 saturated carbocycles. The van der Waals surface area contributed by atoms with Crippen molar-refractivity contribution >= 4 is 28.9 Å². The molecule has 1 atom stereocenters. The highest BCUT2D eigenvalue weighted by Gasteiger charge is 2.23. The van der Waals surface area contributed by atoms with Crippen molar-refractivity contribution in [2.75, 3.05) is 53.0 Å². The molecule has 1 saturated heterocycles. The van der Waals surface area contributed by atoms with Crippen LogP contribution < -0.4 is 15.4 Å². The molecule has 0 amide bonds. The van der Waals surface area contributed by atoms with Gasteiger partial charge in [0.05, 0.1) is 25.8 Å². The zero-order valence-electron chi connectivity index (χ0n) is 16.1. The molecule has 1 aliphatic heterocycles. The summed E-state index contributed by atoms with van der Waals surface area (Å²) in [5.41, 5.74) is 0. The van der Waals surface area contributed by atoms with Gasteiger partial charge in [-0.3, -0.25) is 9.89 Å². The fraction of sp³-hybridized carbons (Fsp3) is 0.450. The minimum absolute atomic E-state index is 0.310. The van der Waals surface area contributed by atoms with E-state index < -0.39 is 0 Å². The third kappa shape index (κ3) is 6.38. The van der Waals surface area contributed by atoms with Crippen LogP contribution in [0.2, 0.25) is 5.02 Å². The van der Waals surface area contributed by atoms with E-state index >= 15 is 0 Å². The number of nitrogens with one attached hydrogen (secondary N) is 2. The van der Waals surface area contributed by atoms with E-state index in [2.05, 4.69) is 38.0 Å². The van der Waals surface area contributed by atoms with Crippen molar-refractivity contribution in [1.29, 1.82) is 0 Å². The SMILES string of the molecule is CN=C(NCCOc1cccc(Cl)c1)NCC(c1cccs1)N1CCOCC1. The number of nitrogens with zero attached hydrogens (tertiary/aromatic N) is 2. The average molecular weight is 423 g/mol. The summed E-state index contributed by atoms with van der Waals surface area (Å²) in [6, 6.07) is 12.0. The van der Waals surface area contributed by atoms with Gasteiger partial charge in [-0.25, -0.2) is 0 Å². The fourth-order valence-electron chi connectivity index (χ4n) is 3.09. The number of hydrogen-bond donors (Lipinski definition) is 2. The van der Waals surface area contributed by atoms with Crippen molar-refractivity contribution in [1.82, 2.24) is 15.5 Å². The maximum absolute atomic E-state index is 5.97. The van der Waals surface area contributed by atoms with E-state index in [1.807, 2.05) is 24.3 Å². The Bertz CT molecular complexity index is 736. The van der Waals surface area contributed by atoms with E-state index in [-0.39, 0.29) is 0 Å². The van der Waals surface area contributed by atoms with E-state index in [0.717, 1.165) is 44.6 Å². The number of rotatable bonds is 8. The van der Waals surface area contributed by atoms with Crippen LogP contribution in [0.4, 0.5) is 0 Å². The summed E-state index contributed by atoms with van der Waals surface area (Å²) in [4.78, 5) is 8.15. The first-order valence-corrected chi connectivity index (χ1v) is 10.7. The Morgan fingerprint density at radius 1 is 1.29 bits per heavy atom. The molecule has 1 unspecified atom stereocenters. The zero-order chi connectivity index (χ0) is 19.6. The van der Waals surface area contributed by atoms with Crippen LogP contribution in [-0.4, -0.2) is 63.9 Å². The second-order valence-corrected chi connectivity index (χ2v) is 7.78. The van der Waals surface area contributed by atoms with E-state index in [1.165, 1.54) is 4.88 Å². The number of aliphatic imine (C=N–C) groups is 1. The van der Waals surface area contributed by atoms with E-state index in [1.54, 1.807) is 18.4 Å². The van der Waals surface area contributed by atoms with Crippen LogP contribution in [0.25, 0.3) is 0 Å². The molecule has 28 heavy (non-hydrogen) atoms. The third-order valence-electron chi connectivity index (χ3n) is 4.50. The van der Waals surface area contributed by atoms with Gasteiger partial charge in [0.25, 0.3) is 0 Å². The Labute approximate surface area is 175 Å². The summed E-state index contributed by atoms with van der Waals surface area (Å²) < 4.78 is 11.2. The van der Waals surface area contributed by atoms with Crippen molar-refractivity contribution in [3.05, 3.63) is 51.7 Å². The van der Waals surface area contributed by atoms with Gasteiger partial charge >= 0.3 is 0 Å². The summed E-state index contributed by atoms with van der Waals surface area (Å²) in [6.07, 6.45) is 0. The van der Waals surface area contributed by atoms with Crippen molar-refractivity contribution in [3.8, 4) is 5.75 Å². The average Bonchev–Trinajstić information content (AvgIpc) is 3.25. The molecule has 6 nitrogen and oxygen atoms in total. The predicted molar refractivity (Wildman–Crippen MR) is 116 cm³/mol. The molecule has 3 rings (SSSR count). The standard InChI is InChI=1S/C20H27ClN4O2S/c1-22-20(23-7-10-27-17-5-2-4-16(21)14-17)24-15-18(19-6-3-13-28-19)25-8-11-26-12-9-25/h2-6,13-14,18H,7-12,15H2,1H3,(H2,22,23,24). The molecule has 0 aliphatic carbocycles. The van der Waals surface area contributed by atoms with E-state index in [4.69, 9.17) is 21.1 Å². The van der Waals surface area contributed by atoms with Gasteiger partial charge in [0.2, 0.25) is 0 Å². The van der Waals surface area contributed by atoms with Gasteiger partial charge < -0.3 is 20.1 Å². The smallest absolute Gasteiger partial charge is 0.191 e. The van der Waals surface area contributed by atoms with Gasteiger partial charge in [-0.1, -0.05) is 23.7 Å². The first-order chi connectivity index (χ1) is 13.8. The fourth-order valence-corrected chi connectivity index (χ4v) is 4.13. The van der Waals surface area contributed by atoms with Crippen LogP contribution in [-0.2, 0) is 4.74 Å². The lowest BCUT2D eigenvalue weighted by atomic mass is 10.2. The second kappa shape index (κ2) is 11.3. The van der Waals surface area contributed by atoms with Crippen LogP contribution in [0.1, 0.15) is 10.9 Å². The van der Waals surface area contributed by atoms with Gasteiger partial charge in [0, 0.05) is 36.6 Å². The van der Waals surface area contributed by atoms with Gasteiger partial charge in [-0.15, -0.1) is 11.3 Å². The van der Waals surface area contributed by atoms with Crippen LogP contribution in [0.5, 0.6) is 5.75 Å². The number of benzene rings is 1. The quantitative estimate of drug-likeness (QED) is 0.389. The van der Waals surface area contributed by atoms with Gasteiger partial charge in [0.15, 0.2) is 5.96 Å². The Kier molecular flexibility index (Phi) is 8.42. The lowest BCUT2D eigenvalue weighted by Crippen LogP contribution is -2.46. The normalized spacial score (nSPS) is 16.6. The highest BCUT2D eigenvalue weighted by atomic mass is 35.5. The molecule has 0 bridgehead atoms. The molecule has 0 spiro atoms. The summed E-state index contributed by atoms with van der Waals surface area (Å²) in [5, 5.41) is 9.55. The summed E-state index contributed by atoms with van der Waals surface area (Å²) in [7, 11) is 1.78. The summed E-state index contributed by atoms with van der Waals surface area (Å²) in [5.74, 6) is 1.53.